The first-order valence-electron chi connectivity index (χ1n) is 6.22. The van der Waals surface area contributed by atoms with Gasteiger partial charge in [-0.3, -0.25) is 9.59 Å². The number of hydrogen-bond acceptors (Lipinski definition) is 5. The molecule has 0 unspecified atom stereocenters. The molecule has 0 radical (unpaired) electrons. The largest absolute Gasteiger partial charge is 0.456 e. The zero-order chi connectivity index (χ0) is 15.1. The number of carbonyl (C=O) groups excluding carboxylic acids is 2. The number of amides is 1. The summed E-state index contributed by atoms with van der Waals surface area (Å²) >= 11 is 7.38. The lowest BCUT2D eigenvalue weighted by molar-refractivity contribution is -0.147. The zero-order valence-electron chi connectivity index (χ0n) is 11.0. The van der Waals surface area contributed by atoms with Crippen LogP contribution in [0.5, 0.6) is 0 Å². The van der Waals surface area contributed by atoms with Gasteiger partial charge in [0.15, 0.2) is 11.8 Å². The van der Waals surface area contributed by atoms with Crippen molar-refractivity contribution in [1.82, 2.24) is 4.98 Å². The molecule has 0 aliphatic heterocycles. The van der Waals surface area contributed by atoms with E-state index in [2.05, 4.69) is 10.3 Å². The molecular formula is C14H13ClN2O3S. The standard InChI is InChI=1S/C14H13ClN2O3S/c15-14-11(2-1-6-16-14)17-12(18)8-20-13(19)4-3-10-5-7-21-9-10/h1-2,5-7,9H,3-4,8H2,(H,17,18). The summed E-state index contributed by atoms with van der Waals surface area (Å²) in [6.45, 7) is -0.340. The van der Waals surface area contributed by atoms with Gasteiger partial charge in [0, 0.05) is 12.6 Å². The van der Waals surface area contributed by atoms with Crippen LogP contribution in [0, 0.1) is 0 Å². The van der Waals surface area contributed by atoms with Crippen LogP contribution in [0.1, 0.15) is 12.0 Å². The van der Waals surface area contributed by atoms with Crippen LogP contribution in [0.2, 0.25) is 5.15 Å². The third-order valence-electron chi connectivity index (χ3n) is 2.60. The van der Waals surface area contributed by atoms with E-state index in [0.717, 1.165) is 5.56 Å². The summed E-state index contributed by atoms with van der Waals surface area (Å²) in [5, 5.41) is 6.64. The number of nitrogens with zero attached hydrogens (tertiary/aromatic N) is 1. The Bertz CT molecular complexity index is 616. The normalized spacial score (nSPS) is 10.1. The molecule has 0 aromatic carbocycles. The molecule has 1 amide bonds. The van der Waals surface area contributed by atoms with Gasteiger partial charge in [0.05, 0.1) is 5.69 Å². The van der Waals surface area contributed by atoms with Crippen molar-refractivity contribution in [2.24, 2.45) is 0 Å². The molecule has 21 heavy (non-hydrogen) atoms. The lowest BCUT2D eigenvalue weighted by Gasteiger charge is -2.07. The highest BCUT2D eigenvalue weighted by molar-refractivity contribution is 7.07. The maximum atomic E-state index is 11.6. The number of anilines is 1. The van der Waals surface area contributed by atoms with Crippen molar-refractivity contribution in [3.05, 3.63) is 45.9 Å². The van der Waals surface area contributed by atoms with Gasteiger partial charge in [-0.15, -0.1) is 0 Å². The summed E-state index contributed by atoms with van der Waals surface area (Å²) in [6, 6.07) is 5.22. The highest BCUT2D eigenvalue weighted by Gasteiger charge is 2.10. The summed E-state index contributed by atoms with van der Waals surface area (Å²) in [5.74, 6) is -0.859. The number of thiophene rings is 1. The average molecular weight is 325 g/mol. The monoisotopic (exact) mass is 324 g/mol. The van der Waals surface area contributed by atoms with Gasteiger partial charge in [-0.1, -0.05) is 11.6 Å². The van der Waals surface area contributed by atoms with Crippen LogP contribution in [0.4, 0.5) is 5.69 Å². The number of aryl methyl sites for hydroxylation is 1. The van der Waals surface area contributed by atoms with Gasteiger partial charge >= 0.3 is 5.97 Å². The van der Waals surface area contributed by atoms with E-state index < -0.39 is 11.9 Å². The summed E-state index contributed by atoms with van der Waals surface area (Å²) < 4.78 is 4.90. The van der Waals surface area contributed by atoms with Crippen molar-refractivity contribution in [2.75, 3.05) is 11.9 Å². The number of nitrogens with one attached hydrogen (secondary N) is 1. The lowest BCUT2D eigenvalue weighted by atomic mass is 10.2. The van der Waals surface area contributed by atoms with Gasteiger partial charge in [0.25, 0.3) is 5.91 Å². The minimum atomic E-state index is -0.450. The number of carbonyl (C=O) groups is 2. The van der Waals surface area contributed by atoms with Gasteiger partial charge in [-0.2, -0.15) is 11.3 Å². The minimum Gasteiger partial charge on any atom is -0.456 e. The fourth-order valence-electron chi connectivity index (χ4n) is 1.57. The van der Waals surface area contributed by atoms with E-state index in [4.69, 9.17) is 16.3 Å². The summed E-state index contributed by atoms with van der Waals surface area (Å²) in [4.78, 5) is 27.0. The van der Waals surface area contributed by atoms with Crippen molar-refractivity contribution in [1.29, 1.82) is 0 Å². The Morgan fingerprint density at radius 1 is 1.38 bits per heavy atom. The molecule has 0 bridgehead atoms. The Kier molecular flexibility index (Phi) is 5.71. The van der Waals surface area contributed by atoms with E-state index in [0.29, 0.717) is 12.1 Å². The maximum absolute atomic E-state index is 11.6. The first-order chi connectivity index (χ1) is 10.1. The Labute approximate surface area is 130 Å². The first kappa shape index (κ1) is 15.5. The second-order valence-electron chi connectivity index (χ2n) is 4.18. The quantitative estimate of drug-likeness (QED) is 0.655. The predicted octanol–water partition coefficient (Wildman–Crippen LogP) is 2.91. The molecule has 2 heterocycles. The molecular weight excluding hydrogens is 312 g/mol. The van der Waals surface area contributed by atoms with E-state index in [1.165, 1.54) is 6.20 Å². The smallest absolute Gasteiger partial charge is 0.306 e. The van der Waals surface area contributed by atoms with E-state index >= 15 is 0 Å². The van der Waals surface area contributed by atoms with Gasteiger partial charge < -0.3 is 10.1 Å². The number of aromatic nitrogens is 1. The number of hydrogen-bond donors (Lipinski definition) is 1. The van der Waals surface area contributed by atoms with Gasteiger partial charge in [-0.25, -0.2) is 4.98 Å². The highest BCUT2D eigenvalue weighted by Crippen LogP contribution is 2.17. The molecule has 0 aliphatic carbocycles. The van der Waals surface area contributed by atoms with Gasteiger partial charge in [0.2, 0.25) is 0 Å². The van der Waals surface area contributed by atoms with Crippen molar-refractivity contribution in [3.8, 4) is 0 Å². The summed E-state index contributed by atoms with van der Waals surface area (Å²) in [6.07, 6.45) is 2.37. The summed E-state index contributed by atoms with van der Waals surface area (Å²) in [5.41, 5.74) is 1.47. The number of halogens is 1. The zero-order valence-corrected chi connectivity index (χ0v) is 12.6. The third-order valence-corrected chi connectivity index (χ3v) is 3.63. The van der Waals surface area contributed by atoms with Crippen molar-refractivity contribution >= 4 is 40.5 Å². The van der Waals surface area contributed by atoms with Gasteiger partial charge in [0.1, 0.15) is 0 Å². The molecule has 110 valence electrons. The SMILES string of the molecule is O=C(COC(=O)CCc1ccsc1)Nc1cccnc1Cl. The van der Waals surface area contributed by atoms with Crippen molar-refractivity contribution < 1.29 is 14.3 Å². The first-order valence-corrected chi connectivity index (χ1v) is 7.54. The molecule has 2 aromatic heterocycles. The van der Waals surface area contributed by atoms with E-state index in [9.17, 15) is 9.59 Å². The van der Waals surface area contributed by atoms with Crippen LogP contribution in [-0.2, 0) is 20.7 Å². The van der Waals surface area contributed by atoms with Crippen LogP contribution in [-0.4, -0.2) is 23.5 Å². The Morgan fingerprint density at radius 3 is 2.95 bits per heavy atom. The third kappa shape index (κ3) is 5.17. The molecule has 0 atom stereocenters. The van der Waals surface area contributed by atoms with Crippen molar-refractivity contribution in [2.45, 2.75) is 12.8 Å². The molecule has 0 saturated carbocycles. The minimum absolute atomic E-state index is 0.189. The Hall–Kier alpha value is -1.92. The predicted molar refractivity (Wildman–Crippen MR) is 81.5 cm³/mol. The molecule has 0 aliphatic rings. The molecule has 0 fully saturated rings. The van der Waals surface area contributed by atoms with Crippen molar-refractivity contribution in [3.63, 3.8) is 0 Å². The lowest BCUT2D eigenvalue weighted by Crippen LogP contribution is -2.21. The highest BCUT2D eigenvalue weighted by atomic mass is 35.5. The van der Waals surface area contributed by atoms with E-state index in [-0.39, 0.29) is 18.2 Å². The van der Waals surface area contributed by atoms with E-state index in [1.807, 2.05) is 16.8 Å². The van der Waals surface area contributed by atoms with Crippen LogP contribution in [0.25, 0.3) is 0 Å². The van der Waals surface area contributed by atoms with E-state index in [1.54, 1.807) is 23.5 Å². The molecule has 2 aromatic rings. The maximum Gasteiger partial charge on any atom is 0.306 e. The second-order valence-corrected chi connectivity index (χ2v) is 5.32. The average Bonchev–Trinajstić information content (AvgIpc) is 2.99. The second kappa shape index (κ2) is 7.75. The van der Waals surface area contributed by atoms with Crippen LogP contribution >= 0.6 is 22.9 Å². The number of rotatable bonds is 6. The summed E-state index contributed by atoms with van der Waals surface area (Å²) in [7, 11) is 0. The number of pyridine rings is 1. The molecule has 1 N–H and O–H groups in total. The van der Waals surface area contributed by atoms with Crippen LogP contribution in [0.15, 0.2) is 35.2 Å². The van der Waals surface area contributed by atoms with Gasteiger partial charge in [-0.05, 0) is 40.9 Å². The Balaban J connectivity index is 1.71. The Morgan fingerprint density at radius 2 is 2.24 bits per heavy atom. The number of esters is 1. The van der Waals surface area contributed by atoms with Crippen LogP contribution < -0.4 is 5.32 Å². The molecule has 0 saturated heterocycles. The van der Waals surface area contributed by atoms with Crippen LogP contribution in [0.3, 0.4) is 0 Å². The molecule has 0 spiro atoms. The fraction of sp³-hybridized carbons (Fsp3) is 0.214. The molecule has 7 heteroatoms. The molecule has 5 nitrogen and oxygen atoms in total. The number of ether oxygens (including phenoxy) is 1. The fourth-order valence-corrected chi connectivity index (χ4v) is 2.43. The molecule has 2 rings (SSSR count). The topological polar surface area (TPSA) is 68.3 Å².